The number of benzene rings is 1. The quantitative estimate of drug-likeness (QED) is 0.754. The zero-order valence-electron chi connectivity index (χ0n) is 14.8. The second kappa shape index (κ2) is 8.56. The molecule has 1 atom stereocenters. The lowest BCUT2D eigenvalue weighted by Gasteiger charge is -2.28. The second-order valence-electron chi connectivity index (χ2n) is 6.64. The first-order chi connectivity index (χ1) is 12.5. The molecule has 1 aliphatic heterocycles. The smallest absolute Gasteiger partial charge is 0.224 e. The first-order valence-corrected chi connectivity index (χ1v) is 9.76. The molecule has 4 nitrogen and oxygen atoms in total. The van der Waals surface area contributed by atoms with E-state index in [1.165, 1.54) is 24.3 Å². The summed E-state index contributed by atoms with van der Waals surface area (Å²) in [5.41, 5.74) is 1.46. The van der Waals surface area contributed by atoms with E-state index in [2.05, 4.69) is 10.2 Å². The van der Waals surface area contributed by atoms with Gasteiger partial charge in [-0.15, -0.1) is 11.3 Å². The lowest BCUT2D eigenvalue weighted by Crippen LogP contribution is -2.37. The van der Waals surface area contributed by atoms with Gasteiger partial charge in [-0.25, -0.2) is 4.39 Å². The Morgan fingerprint density at radius 2 is 2.00 bits per heavy atom. The molecule has 2 heterocycles. The van der Waals surface area contributed by atoms with Crippen molar-refractivity contribution in [2.45, 2.75) is 32.2 Å². The Hall–Kier alpha value is -2.05. The molecule has 0 aliphatic carbocycles. The van der Waals surface area contributed by atoms with Crippen molar-refractivity contribution in [1.29, 1.82) is 0 Å². The standard InChI is InChI=1S/C20H23FN2O2S/c1-14(24)19-10-15(13-26-19)11-20(25)22-12-18(23-8-4-5-9-23)16-6-2-3-7-17(16)21/h2-3,6-7,10,13,18H,4-5,8-9,11-12H2,1H3,(H,22,25)/t18-/m1/s1. The molecule has 0 radical (unpaired) electrons. The molecule has 26 heavy (non-hydrogen) atoms. The maximum Gasteiger partial charge on any atom is 0.224 e. The maximum absolute atomic E-state index is 14.3. The Morgan fingerprint density at radius 3 is 2.65 bits per heavy atom. The van der Waals surface area contributed by atoms with E-state index in [1.807, 2.05) is 11.4 Å². The number of amides is 1. The number of hydrogen-bond donors (Lipinski definition) is 1. The zero-order valence-corrected chi connectivity index (χ0v) is 15.7. The third-order valence-electron chi connectivity index (χ3n) is 4.70. The van der Waals surface area contributed by atoms with Crippen molar-refractivity contribution < 1.29 is 14.0 Å². The van der Waals surface area contributed by atoms with E-state index in [1.54, 1.807) is 18.2 Å². The number of rotatable bonds is 7. The van der Waals surface area contributed by atoms with Crippen LogP contribution in [-0.2, 0) is 11.2 Å². The van der Waals surface area contributed by atoms with Crippen LogP contribution in [0.25, 0.3) is 0 Å². The summed E-state index contributed by atoms with van der Waals surface area (Å²) in [4.78, 5) is 26.6. The molecule has 3 rings (SSSR count). The Kier molecular flexibility index (Phi) is 6.16. The van der Waals surface area contributed by atoms with E-state index >= 15 is 0 Å². The summed E-state index contributed by atoms with van der Waals surface area (Å²) in [6, 6.07) is 8.39. The van der Waals surface area contributed by atoms with Crippen molar-refractivity contribution >= 4 is 23.0 Å². The van der Waals surface area contributed by atoms with Crippen molar-refractivity contribution in [3.05, 3.63) is 57.5 Å². The lowest BCUT2D eigenvalue weighted by atomic mass is 10.0. The van der Waals surface area contributed by atoms with Gasteiger partial charge in [0.25, 0.3) is 0 Å². The number of halogens is 1. The Bertz CT molecular complexity index is 784. The van der Waals surface area contributed by atoms with Gasteiger partial charge in [0.1, 0.15) is 5.82 Å². The first-order valence-electron chi connectivity index (χ1n) is 8.88. The number of thiophene rings is 1. The molecule has 0 unspecified atom stereocenters. The van der Waals surface area contributed by atoms with Crippen LogP contribution < -0.4 is 5.32 Å². The average molecular weight is 374 g/mol. The summed E-state index contributed by atoms with van der Waals surface area (Å²) >= 11 is 1.36. The predicted molar refractivity (Wildman–Crippen MR) is 101 cm³/mol. The monoisotopic (exact) mass is 374 g/mol. The minimum Gasteiger partial charge on any atom is -0.354 e. The van der Waals surface area contributed by atoms with Gasteiger partial charge in [0.2, 0.25) is 5.91 Å². The Balaban J connectivity index is 1.64. The van der Waals surface area contributed by atoms with Gasteiger partial charge >= 0.3 is 0 Å². The highest BCUT2D eigenvalue weighted by atomic mass is 32.1. The molecule has 6 heteroatoms. The van der Waals surface area contributed by atoms with Crippen LogP contribution in [0.3, 0.4) is 0 Å². The van der Waals surface area contributed by atoms with Crippen molar-refractivity contribution in [1.82, 2.24) is 10.2 Å². The van der Waals surface area contributed by atoms with Gasteiger partial charge in [0.05, 0.1) is 17.3 Å². The van der Waals surface area contributed by atoms with E-state index in [0.29, 0.717) is 17.0 Å². The van der Waals surface area contributed by atoms with Crippen LogP contribution in [-0.4, -0.2) is 36.2 Å². The molecule has 138 valence electrons. The summed E-state index contributed by atoms with van der Waals surface area (Å²) in [6.07, 6.45) is 2.43. The van der Waals surface area contributed by atoms with Crippen LogP contribution >= 0.6 is 11.3 Å². The first kappa shape index (κ1) is 18.7. The van der Waals surface area contributed by atoms with E-state index in [-0.39, 0.29) is 30.0 Å². The predicted octanol–water partition coefficient (Wildman–Crippen LogP) is 3.59. The van der Waals surface area contributed by atoms with Gasteiger partial charge in [0, 0.05) is 12.1 Å². The molecule has 1 fully saturated rings. The Morgan fingerprint density at radius 1 is 1.27 bits per heavy atom. The van der Waals surface area contributed by atoms with Gasteiger partial charge in [0.15, 0.2) is 5.78 Å². The molecule has 0 spiro atoms. The van der Waals surface area contributed by atoms with E-state index in [0.717, 1.165) is 31.5 Å². The van der Waals surface area contributed by atoms with Crippen molar-refractivity contribution in [2.75, 3.05) is 19.6 Å². The van der Waals surface area contributed by atoms with Crippen molar-refractivity contribution in [2.24, 2.45) is 0 Å². The van der Waals surface area contributed by atoms with Crippen LogP contribution in [0.4, 0.5) is 4.39 Å². The third-order valence-corrected chi connectivity index (χ3v) is 5.78. The fourth-order valence-electron chi connectivity index (χ4n) is 3.35. The number of ketones is 1. The normalized spacial score (nSPS) is 15.8. The van der Waals surface area contributed by atoms with E-state index in [4.69, 9.17) is 0 Å². The van der Waals surface area contributed by atoms with Gasteiger partial charge in [-0.05, 0) is 55.9 Å². The average Bonchev–Trinajstić information content (AvgIpc) is 3.28. The fraction of sp³-hybridized carbons (Fsp3) is 0.400. The van der Waals surface area contributed by atoms with Crippen LogP contribution in [0.15, 0.2) is 35.7 Å². The lowest BCUT2D eigenvalue weighted by molar-refractivity contribution is -0.120. The SMILES string of the molecule is CC(=O)c1cc(CC(=O)NC[C@H](c2ccccc2F)N2CCCC2)cs1. The third kappa shape index (κ3) is 4.56. The number of likely N-dealkylation sites (tertiary alicyclic amines) is 1. The highest BCUT2D eigenvalue weighted by Crippen LogP contribution is 2.26. The number of carbonyl (C=O) groups is 2. The fourth-order valence-corrected chi connectivity index (χ4v) is 4.16. The van der Waals surface area contributed by atoms with Gasteiger partial charge in [-0.2, -0.15) is 0 Å². The summed E-state index contributed by atoms with van der Waals surface area (Å²) in [5.74, 6) is -0.337. The molecule has 2 aromatic rings. The summed E-state index contributed by atoms with van der Waals surface area (Å²) < 4.78 is 14.3. The molecule has 1 N–H and O–H groups in total. The van der Waals surface area contributed by atoms with Gasteiger partial charge in [-0.3, -0.25) is 14.5 Å². The molecular weight excluding hydrogens is 351 g/mol. The van der Waals surface area contributed by atoms with Gasteiger partial charge < -0.3 is 5.32 Å². The molecular formula is C20H23FN2O2S. The number of nitrogens with zero attached hydrogens (tertiary/aromatic N) is 1. The largest absolute Gasteiger partial charge is 0.354 e. The summed E-state index contributed by atoms with van der Waals surface area (Å²) in [7, 11) is 0. The number of carbonyl (C=O) groups excluding carboxylic acids is 2. The molecule has 1 saturated heterocycles. The molecule has 1 aromatic heterocycles. The minimum absolute atomic E-state index is 0.00954. The topological polar surface area (TPSA) is 49.4 Å². The number of hydrogen-bond acceptors (Lipinski definition) is 4. The summed E-state index contributed by atoms with van der Waals surface area (Å²) in [6.45, 7) is 3.73. The van der Waals surface area contributed by atoms with Gasteiger partial charge in [-0.1, -0.05) is 18.2 Å². The van der Waals surface area contributed by atoms with Crippen LogP contribution in [0.2, 0.25) is 0 Å². The molecule has 1 aliphatic rings. The minimum atomic E-state index is -0.234. The molecule has 0 bridgehead atoms. The zero-order chi connectivity index (χ0) is 18.5. The molecule has 1 amide bonds. The van der Waals surface area contributed by atoms with E-state index < -0.39 is 0 Å². The number of nitrogens with one attached hydrogen (secondary N) is 1. The van der Waals surface area contributed by atoms with Crippen LogP contribution in [0.1, 0.15) is 46.6 Å². The second-order valence-corrected chi connectivity index (χ2v) is 7.55. The maximum atomic E-state index is 14.3. The summed E-state index contributed by atoms with van der Waals surface area (Å²) in [5, 5.41) is 4.78. The van der Waals surface area contributed by atoms with Crippen LogP contribution in [0, 0.1) is 5.82 Å². The van der Waals surface area contributed by atoms with Crippen molar-refractivity contribution in [3.63, 3.8) is 0 Å². The molecule has 1 aromatic carbocycles. The molecule has 0 saturated carbocycles. The van der Waals surface area contributed by atoms with Crippen molar-refractivity contribution in [3.8, 4) is 0 Å². The van der Waals surface area contributed by atoms with E-state index in [9.17, 15) is 14.0 Å². The Labute approximate surface area is 157 Å². The van der Waals surface area contributed by atoms with Crippen LogP contribution in [0.5, 0.6) is 0 Å². The highest BCUT2D eigenvalue weighted by Gasteiger charge is 2.26. The highest BCUT2D eigenvalue weighted by molar-refractivity contribution is 7.12. The number of Topliss-reactive ketones (excluding diaryl/α,β-unsaturated/α-hetero) is 1.